The van der Waals surface area contributed by atoms with Gasteiger partial charge in [0.2, 0.25) is 9.05 Å². The number of hydrogen-bond donors (Lipinski definition) is 0. The van der Waals surface area contributed by atoms with Crippen molar-refractivity contribution < 1.29 is 22.7 Å². The van der Waals surface area contributed by atoms with Crippen LogP contribution in [-0.4, -0.2) is 28.6 Å². The zero-order valence-electron chi connectivity index (χ0n) is 9.27. The number of rotatable bonds is 4. The van der Waals surface area contributed by atoms with Crippen molar-refractivity contribution in [2.45, 2.75) is 5.75 Å². The zero-order valence-corrected chi connectivity index (χ0v) is 10.8. The maximum Gasteiger partial charge on any atom is 0.338 e. The molecule has 0 fully saturated rings. The van der Waals surface area contributed by atoms with Gasteiger partial charge in [0.15, 0.2) is 0 Å². The first-order valence-corrected chi connectivity index (χ1v) is 7.03. The first kappa shape index (κ1) is 13.8. The summed E-state index contributed by atoms with van der Waals surface area (Å²) in [7, 11) is 4.06. The van der Waals surface area contributed by atoms with Crippen molar-refractivity contribution in [3.8, 4) is 5.75 Å². The second kappa shape index (κ2) is 5.37. The molecule has 1 rings (SSSR count). The summed E-state index contributed by atoms with van der Waals surface area (Å²) in [6, 6.07) is 4.41. The Morgan fingerprint density at radius 3 is 2.47 bits per heavy atom. The molecule has 7 heteroatoms. The molecule has 0 saturated carbocycles. The predicted octanol–water partition coefficient (Wildman–Crippen LogP) is 1.55. The van der Waals surface area contributed by atoms with E-state index in [2.05, 4.69) is 4.74 Å². The highest BCUT2D eigenvalue weighted by Gasteiger charge is 2.17. The van der Waals surface area contributed by atoms with Gasteiger partial charge >= 0.3 is 5.97 Å². The lowest BCUT2D eigenvalue weighted by molar-refractivity contribution is 0.0600. The van der Waals surface area contributed by atoms with Gasteiger partial charge in [-0.2, -0.15) is 0 Å². The molecule has 0 spiro atoms. The average molecular weight is 279 g/mol. The molecule has 94 valence electrons. The highest BCUT2D eigenvalue weighted by molar-refractivity contribution is 8.13. The van der Waals surface area contributed by atoms with E-state index in [4.69, 9.17) is 15.4 Å². The van der Waals surface area contributed by atoms with Crippen LogP contribution in [0.1, 0.15) is 15.9 Å². The monoisotopic (exact) mass is 278 g/mol. The molecule has 5 nitrogen and oxygen atoms in total. The quantitative estimate of drug-likeness (QED) is 0.617. The number of methoxy groups -OCH3 is 2. The van der Waals surface area contributed by atoms with Gasteiger partial charge in [-0.05, 0) is 23.8 Å². The smallest absolute Gasteiger partial charge is 0.338 e. The molecule has 0 bridgehead atoms. The van der Waals surface area contributed by atoms with E-state index in [1.165, 1.54) is 32.4 Å². The summed E-state index contributed by atoms with van der Waals surface area (Å²) < 4.78 is 31.6. The van der Waals surface area contributed by atoms with Crippen LogP contribution in [-0.2, 0) is 19.5 Å². The van der Waals surface area contributed by atoms with Crippen LogP contribution in [0, 0.1) is 0 Å². The first-order valence-electron chi connectivity index (χ1n) is 4.55. The number of carbonyl (C=O) groups excluding carboxylic acids is 1. The van der Waals surface area contributed by atoms with Crippen molar-refractivity contribution in [1.29, 1.82) is 0 Å². The minimum Gasteiger partial charge on any atom is -0.497 e. The van der Waals surface area contributed by atoms with Crippen molar-refractivity contribution in [2.24, 2.45) is 0 Å². The third-order valence-corrected chi connectivity index (χ3v) is 3.03. The maximum atomic E-state index is 11.4. The van der Waals surface area contributed by atoms with Crippen molar-refractivity contribution in [2.75, 3.05) is 14.2 Å². The molecule has 0 heterocycles. The largest absolute Gasteiger partial charge is 0.497 e. The fraction of sp³-hybridized carbons (Fsp3) is 0.300. The molecular weight excluding hydrogens is 268 g/mol. The summed E-state index contributed by atoms with van der Waals surface area (Å²) in [5.41, 5.74) is 0.392. The van der Waals surface area contributed by atoms with Gasteiger partial charge in [-0.25, -0.2) is 13.2 Å². The fourth-order valence-corrected chi connectivity index (χ4v) is 2.27. The van der Waals surface area contributed by atoms with Gasteiger partial charge < -0.3 is 9.47 Å². The Balaban J connectivity index is 3.25. The topological polar surface area (TPSA) is 69.7 Å². The molecule has 0 aromatic heterocycles. The molecular formula is C10H11ClO5S. The zero-order chi connectivity index (χ0) is 13.1. The van der Waals surface area contributed by atoms with Gasteiger partial charge in [-0.15, -0.1) is 0 Å². The van der Waals surface area contributed by atoms with E-state index in [0.717, 1.165) is 0 Å². The van der Waals surface area contributed by atoms with Crippen LogP contribution in [0.4, 0.5) is 0 Å². The number of hydrogen-bond acceptors (Lipinski definition) is 5. The van der Waals surface area contributed by atoms with Crippen molar-refractivity contribution >= 4 is 25.7 Å². The summed E-state index contributed by atoms with van der Waals surface area (Å²) in [4.78, 5) is 11.4. The number of ether oxygens (including phenoxy) is 2. The van der Waals surface area contributed by atoms with Crippen molar-refractivity contribution in [1.82, 2.24) is 0 Å². The number of carbonyl (C=O) groups is 1. The van der Waals surface area contributed by atoms with Crippen molar-refractivity contribution in [3.63, 3.8) is 0 Å². The normalized spacial score (nSPS) is 11.0. The summed E-state index contributed by atoms with van der Waals surface area (Å²) in [5.74, 6) is -0.646. The fourth-order valence-electron chi connectivity index (χ4n) is 1.31. The molecule has 0 unspecified atom stereocenters. The third kappa shape index (κ3) is 3.90. The SMILES string of the molecule is COC(=O)c1ccc(OC)cc1CS(=O)(=O)Cl. The van der Waals surface area contributed by atoms with Gasteiger partial charge in [0.05, 0.1) is 25.5 Å². The van der Waals surface area contributed by atoms with Gasteiger partial charge in [-0.3, -0.25) is 0 Å². The van der Waals surface area contributed by atoms with Gasteiger partial charge in [0.1, 0.15) is 5.75 Å². The Labute approximate surface area is 104 Å². The van der Waals surface area contributed by atoms with E-state index in [9.17, 15) is 13.2 Å². The first-order chi connectivity index (χ1) is 7.87. The van der Waals surface area contributed by atoms with Crippen LogP contribution in [0.15, 0.2) is 18.2 Å². The summed E-state index contributed by atoms with van der Waals surface area (Å²) in [5, 5.41) is 0. The second-order valence-corrected chi connectivity index (χ2v) is 5.97. The summed E-state index contributed by atoms with van der Waals surface area (Å²) >= 11 is 0. The van der Waals surface area contributed by atoms with E-state index in [-0.39, 0.29) is 11.1 Å². The van der Waals surface area contributed by atoms with E-state index in [0.29, 0.717) is 5.75 Å². The summed E-state index contributed by atoms with van der Waals surface area (Å²) in [6.45, 7) is 0. The highest BCUT2D eigenvalue weighted by Crippen LogP contribution is 2.21. The minimum atomic E-state index is -3.76. The Bertz CT molecular complexity index is 523. The second-order valence-electron chi connectivity index (χ2n) is 3.20. The Kier molecular flexibility index (Phi) is 4.36. The molecule has 1 aromatic rings. The lowest BCUT2D eigenvalue weighted by atomic mass is 10.1. The van der Waals surface area contributed by atoms with Crippen LogP contribution < -0.4 is 4.74 Å². The Hall–Kier alpha value is -1.27. The molecule has 1 aromatic carbocycles. The molecule has 17 heavy (non-hydrogen) atoms. The lowest BCUT2D eigenvalue weighted by Gasteiger charge is -2.08. The van der Waals surface area contributed by atoms with Gasteiger partial charge in [0.25, 0.3) is 0 Å². The Morgan fingerprint density at radius 2 is 2.00 bits per heavy atom. The third-order valence-electron chi connectivity index (χ3n) is 2.05. The Morgan fingerprint density at radius 1 is 1.35 bits per heavy atom. The van der Waals surface area contributed by atoms with Crippen LogP contribution >= 0.6 is 10.7 Å². The standard InChI is InChI=1S/C10H11ClO5S/c1-15-8-3-4-9(10(12)16-2)7(5-8)6-17(11,13)14/h3-5H,6H2,1-2H3. The number of halogens is 1. The maximum absolute atomic E-state index is 11.4. The molecule has 0 radical (unpaired) electrons. The average Bonchev–Trinajstić information content (AvgIpc) is 2.25. The van der Waals surface area contributed by atoms with Crippen LogP contribution in [0.2, 0.25) is 0 Å². The molecule has 0 N–H and O–H groups in total. The highest BCUT2D eigenvalue weighted by atomic mass is 35.7. The minimum absolute atomic E-state index is 0.150. The van der Waals surface area contributed by atoms with E-state index >= 15 is 0 Å². The molecule has 0 aliphatic heterocycles. The molecule has 0 aliphatic rings. The molecule has 0 amide bonds. The van der Waals surface area contributed by atoms with E-state index in [1.807, 2.05) is 0 Å². The van der Waals surface area contributed by atoms with Crippen LogP contribution in [0.25, 0.3) is 0 Å². The van der Waals surface area contributed by atoms with Crippen LogP contribution in [0.5, 0.6) is 5.75 Å². The predicted molar refractivity (Wildman–Crippen MR) is 62.8 cm³/mol. The number of benzene rings is 1. The van der Waals surface area contributed by atoms with E-state index in [1.54, 1.807) is 0 Å². The van der Waals surface area contributed by atoms with Gasteiger partial charge in [0, 0.05) is 10.7 Å². The summed E-state index contributed by atoms with van der Waals surface area (Å²) in [6.07, 6.45) is 0. The van der Waals surface area contributed by atoms with Crippen LogP contribution in [0.3, 0.4) is 0 Å². The molecule has 0 aliphatic carbocycles. The van der Waals surface area contributed by atoms with Crippen molar-refractivity contribution in [3.05, 3.63) is 29.3 Å². The lowest BCUT2D eigenvalue weighted by Crippen LogP contribution is -2.08. The molecule has 0 atom stereocenters. The van der Waals surface area contributed by atoms with E-state index < -0.39 is 20.8 Å². The molecule has 0 saturated heterocycles. The van der Waals surface area contributed by atoms with Gasteiger partial charge in [-0.1, -0.05) is 0 Å². The number of esters is 1.